The van der Waals surface area contributed by atoms with Gasteiger partial charge < -0.3 is 45.8 Å². The molecule has 9 atom stereocenters. The zero-order valence-electron chi connectivity index (χ0n) is 23.7. The first kappa shape index (κ1) is 36.5. The molecule has 2 radical (unpaired) electrons. The first-order valence-corrected chi connectivity index (χ1v) is 16.9. The number of nitrogens with zero attached hydrogens (tertiary/aromatic N) is 3. The Morgan fingerprint density at radius 1 is 1.30 bits per heavy atom. The molecular formula is C20H34BN7O13P2S. The molecule has 3 heterocycles. The topological polar surface area (TPSA) is 293 Å². The van der Waals surface area contributed by atoms with Crippen LogP contribution in [0, 0.1) is 5.41 Å². The standard InChI is InChI=1S/C20H34BN7O13P2S/c1-10(29)44-9-25-11(30)4-5-23-15(34)14(33)19(2,3)6-38-43(36,37)41-42(21,35)40-17-13(32)12(31)16(39-17)28-8-27-20(22)18(28)24-7-26-20/h7-8,12-14,16-18,31-33H,4-6,9,22H2,1-3H3,(H,23,34)(H,24,26)(H,25,30)(H,36,37)/t12-,13+,14?,16-,17-,18?,20?,42?/m1/s1. The Morgan fingerprint density at radius 3 is 2.64 bits per heavy atom. The smallest absolute Gasteiger partial charge is 0.385 e. The highest BCUT2D eigenvalue weighted by Crippen LogP contribution is 2.61. The highest BCUT2D eigenvalue weighted by molar-refractivity contribution is 8.13. The molecule has 20 nitrogen and oxygen atoms in total. The number of rotatable bonds is 15. The van der Waals surface area contributed by atoms with E-state index in [4.69, 9.17) is 27.1 Å². The number of thioether (sulfide) groups is 1. The zero-order valence-corrected chi connectivity index (χ0v) is 26.3. The molecule has 1 fully saturated rings. The van der Waals surface area contributed by atoms with Gasteiger partial charge in [-0.15, -0.1) is 0 Å². The Balaban J connectivity index is 1.48. The lowest BCUT2D eigenvalue weighted by Crippen LogP contribution is -2.59. The Hall–Kier alpha value is -1.94. The molecule has 9 N–H and O–H groups in total. The van der Waals surface area contributed by atoms with Crippen molar-refractivity contribution in [1.29, 1.82) is 0 Å². The Morgan fingerprint density at radius 2 is 1.98 bits per heavy atom. The molecule has 3 rings (SSSR count). The van der Waals surface area contributed by atoms with Crippen LogP contribution in [0.4, 0.5) is 0 Å². The minimum atomic E-state index is -5.29. The maximum Gasteiger partial charge on any atom is 0.478 e. The largest absolute Gasteiger partial charge is 0.478 e. The predicted octanol–water partition coefficient (Wildman–Crippen LogP) is -3.02. The average molecular weight is 685 g/mol. The number of hydrogen-bond acceptors (Lipinski definition) is 18. The Bertz CT molecular complexity index is 1260. The molecule has 0 saturated carbocycles. The van der Waals surface area contributed by atoms with Crippen molar-refractivity contribution < 1.29 is 61.8 Å². The fourth-order valence-electron chi connectivity index (χ4n) is 3.92. The van der Waals surface area contributed by atoms with Crippen LogP contribution < -0.4 is 21.7 Å². The van der Waals surface area contributed by atoms with Crippen molar-refractivity contribution in [3.8, 4) is 0 Å². The number of aliphatic hydroxyl groups is 3. The van der Waals surface area contributed by atoms with Crippen molar-refractivity contribution in [3.63, 3.8) is 0 Å². The summed E-state index contributed by atoms with van der Waals surface area (Å²) in [6.07, 6.45) is -7.16. The van der Waals surface area contributed by atoms with Crippen LogP contribution in [0.15, 0.2) is 9.98 Å². The van der Waals surface area contributed by atoms with Gasteiger partial charge in [-0.2, -0.15) is 0 Å². The van der Waals surface area contributed by atoms with Crippen molar-refractivity contribution in [2.24, 2.45) is 21.1 Å². The maximum atomic E-state index is 12.7. The molecule has 0 bridgehead atoms. The van der Waals surface area contributed by atoms with Crippen molar-refractivity contribution >= 4 is 64.2 Å². The summed E-state index contributed by atoms with van der Waals surface area (Å²) in [6.45, 7) is 2.98. The summed E-state index contributed by atoms with van der Waals surface area (Å²) in [7, 11) is -4.89. The second-order valence-electron chi connectivity index (χ2n) is 10.5. The molecule has 2 amide bonds. The predicted molar refractivity (Wildman–Crippen MR) is 153 cm³/mol. The highest BCUT2D eigenvalue weighted by Gasteiger charge is 2.55. The fourth-order valence-corrected chi connectivity index (χ4v) is 6.80. The SMILES string of the molecule is [B]P(=O)(O[C@H]1O[C@@H](N2C=NC3(N)NC=NC23)[C@H](O)[C@@H]1O)OP(=O)(O)OCC(C)(C)C(O)C(=O)NCCC(=O)NCSC(C)=O. The third kappa shape index (κ3) is 9.30. The highest BCUT2D eigenvalue weighted by atomic mass is 32.2. The van der Waals surface area contributed by atoms with Gasteiger partial charge in [0.1, 0.15) is 18.3 Å². The third-order valence-corrected chi connectivity index (χ3v) is 9.72. The number of ether oxygens (including phenoxy) is 1. The van der Waals surface area contributed by atoms with Crippen LogP contribution >= 0.6 is 27.1 Å². The van der Waals surface area contributed by atoms with Crippen molar-refractivity contribution in [1.82, 2.24) is 20.9 Å². The molecule has 1 saturated heterocycles. The summed E-state index contributed by atoms with van der Waals surface area (Å²) >= 11 is 0.891. The number of hydrogen-bond donors (Lipinski definition) is 8. The van der Waals surface area contributed by atoms with E-state index in [1.165, 1.54) is 38.3 Å². The van der Waals surface area contributed by atoms with Crippen LogP contribution in [-0.2, 0) is 41.6 Å². The molecular weight excluding hydrogens is 651 g/mol. The van der Waals surface area contributed by atoms with Crippen LogP contribution in [0.5, 0.6) is 0 Å². The van der Waals surface area contributed by atoms with Gasteiger partial charge in [-0.05, 0) is 0 Å². The van der Waals surface area contributed by atoms with E-state index in [1.54, 1.807) is 0 Å². The lowest BCUT2D eigenvalue weighted by atomic mass is 9.87. The molecule has 3 aliphatic rings. The minimum Gasteiger partial charge on any atom is -0.385 e. The number of carbonyl (C=O) groups is 3. The molecule has 44 heavy (non-hydrogen) atoms. The zero-order chi connectivity index (χ0) is 33.1. The number of fused-ring (bicyclic) bond motifs is 1. The molecule has 0 aromatic rings. The number of aliphatic hydroxyl groups excluding tert-OH is 3. The number of nitrogens with two attached hydrogens (primary N) is 1. The number of phosphoric acid groups is 1. The molecule has 3 aliphatic heterocycles. The van der Waals surface area contributed by atoms with E-state index in [9.17, 15) is 43.7 Å². The molecule has 0 aromatic heterocycles. The van der Waals surface area contributed by atoms with E-state index in [0.717, 1.165) is 11.8 Å². The number of aliphatic imine (C=N–C) groups is 2. The second-order valence-corrected chi connectivity index (χ2v) is 14.8. The summed E-state index contributed by atoms with van der Waals surface area (Å²) < 4.78 is 44.8. The quantitative estimate of drug-likeness (QED) is 0.0483. The van der Waals surface area contributed by atoms with Gasteiger partial charge in [0, 0.05) is 25.3 Å². The van der Waals surface area contributed by atoms with Gasteiger partial charge in [-0.25, -0.2) is 18.9 Å². The van der Waals surface area contributed by atoms with Crippen LogP contribution in [-0.4, -0.2) is 124 Å². The summed E-state index contributed by atoms with van der Waals surface area (Å²) in [5.74, 6) is -2.67. The summed E-state index contributed by atoms with van der Waals surface area (Å²) in [5.41, 5.74) is 4.50. The van der Waals surface area contributed by atoms with Crippen molar-refractivity contribution in [2.45, 2.75) is 70.0 Å². The fraction of sp³-hybridized carbons (Fsp3) is 0.750. The van der Waals surface area contributed by atoms with E-state index >= 15 is 0 Å². The van der Waals surface area contributed by atoms with E-state index in [2.05, 4.69) is 30.2 Å². The molecule has 24 heteroatoms. The molecule has 5 unspecified atom stereocenters. The number of amides is 2. The van der Waals surface area contributed by atoms with Crippen LogP contribution in [0.1, 0.15) is 27.2 Å². The van der Waals surface area contributed by atoms with E-state index < -0.39 is 81.9 Å². The normalized spacial score (nSPS) is 31.1. The van der Waals surface area contributed by atoms with E-state index in [1.807, 2.05) is 0 Å². The lowest BCUT2D eigenvalue weighted by molar-refractivity contribution is -0.140. The van der Waals surface area contributed by atoms with Crippen molar-refractivity contribution in [3.05, 3.63) is 0 Å². The van der Waals surface area contributed by atoms with Gasteiger partial charge in [0.2, 0.25) is 25.2 Å². The molecule has 0 aromatic carbocycles. The summed E-state index contributed by atoms with van der Waals surface area (Å²) in [5, 5.41) is 38.6. The van der Waals surface area contributed by atoms with Crippen LogP contribution in [0.3, 0.4) is 0 Å². The lowest BCUT2D eigenvalue weighted by Gasteiger charge is -2.31. The number of nitrogens with one attached hydrogen (secondary N) is 3. The third-order valence-electron chi connectivity index (χ3n) is 6.33. The first-order valence-electron chi connectivity index (χ1n) is 12.8. The van der Waals surface area contributed by atoms with Gasteiger partial charge >= 0.3 is 7.82 Å². The van der Waals surface area contributed by atoms with Gasteiger partial charge in [-0.1, -0.05) is 25.6 Å². The Labute approximate surface area is 257 Å². The number of carbonyl (C=O) groups excluding carboxylic acids is 3. The van der Waals surface area contributed by atoms with Gasteiger partial charge in [0.05, 0.1) is 25.2 Å². The van der Waals surface area contributed by atoms with E-state index in [-0.39, 0.29) is 24.0 Å². The maximum absolute atomic E-state index is 12.7. The number of phosphoric ester groups is 1. The van der Waals surface area contributed by atoms with E-state index in [0.29, 0.717) is 0 Å². The van der Waals surface area contributed by atoms with Gasteiger partial charge in [-0.3, -0.25) is 33.7 Å². The molecule has 246 valence electrons. The summed E-state index contributed by atoms with van der Waals surface area (Å²) in [6, 6.07) is 0. The second kappa shape index (κ2) is 14.2. The van der Waals surface area contributed by atoms with Crippen molar-refractivity contribution in [2.75, 3.05) is 19.0 Å². The summed E-state index contributed by atoms with van der Waals surface area (Å²) in [4.78, 5) is 54.4. The monoisotopic (exact) mass is 685 g/mol. The van der Waals surface area contributed by atoms with Crippen LogP contribution in [0.2, 0.25) is 0 Å². The molecule has 0 spiro atoms. The first-order chi connectivity index (χ1) is 20.3. The minimum absolute atomic E-state index is 0.0625. The van der Waals surface area contributed by atoms with Crippen LogP contribution in [0.25, 0.3) is 0 Å². The van der Waals surface area contributed by atoms with Gasteiger partial charge in [0.15, 0.2) is 23.8 Å². The molecule has 0 aliphatic carbocycles. The Kier molecular flexibility index (Phi) is 11.8. The average Bonchev–Trinajstić information content (AvgIpc) is 3.52. The van der Waals surface area contributed by atoms with Gasteiger partial charge in [0.25, 0.3) is 7.47 Å².